The molecule has 2 heteroatoms. The Bertz CT molecular complexity index is 520. The quantitative estimate of drug-likeness (QED) is 0.753. The van der Waals surface area contributed by atoms with E-state index in [0.29, 0.717) is 5.56 Å². The molecule has 2 aromatic rings. The fourth-order valence-corrected chi connectivity index (χ4v) is 1.60. The van der Waals surface area contributed by atoms with Crippen molar-refractivity contribution < 1.29 is 10.9 Å². The Morgan fingerprint density at radius 3 is 2.24 bits per heavy atom. The Morgan fingerprint density at radius 2 is 1.65 bits per heavy atom. The number of benzene rings is 2. The molecule has 1 atom stereocenters. The highest BCUT2D eigenvalue weighted by Crippen LogP contribution is 2.19. The van der Waals surface area contributed by atoms with Crippen LogP contribution in [0, 0.1) is 0 Å². The first kappa shape index (κ1) is 10.1. The lowest BCUT2D eigenvalue weighted by Crippen LogP contribution is -2.03. The van der Waals surface area contributed by atoms with Crippen LogP contribution in [-0.2, 0) is 15.9 Å². The van der Waals surface area contributed by atoms with Crippen molar-refractivity contribution in [3.63, 3.8) is 0 Å². The number of ether oxygens (including phenoxy) is 1. The van der Waals surface area contributed by atoms with Crippen LogP contribution in [0.5, 0.6) is 0 Å². The molecule has 0 radical (unpaired) electrons. The van der Waals surface area contributed by atoms with Gasteiger partial charge in [-0.05, 0) is 16.7 Å². The van der Waals surface area contributed by atoms with Gasteiger partial charge in [0.2, 0.25) is 0 Å². The van der Waals surface area contributed by atoms with Gasteiger partial charge in [0.1, 0.15) is 0 Å². The van der Waals surface area contributed by atoms with Gasteiger partial charge in [-0.25, -0.2) is 0 Å². The maximum Gasteiger partial charge on any atom is 0.309 e. The number of rotatable bonds is 3. The van der Waals surface area contributed by atoms with Gasteiger partial charge in [0, 0.05) is 1.37 Å². The summed E-state index contributed by atoms with van der Waals surface area (Å²) in [5, 5.41) is 0. The molecule has 0 aromatic heterocycles. The van der Waals surface area contributed by atoms with Crippen molar-refractivity contribution in [3.05, 3.63) is 60.2 Å². The number of carbonyl (C=O) groups excluding carboxylic acids is 1. The Morgan fingerprint density at radius 1 is 1.06 bits per heavy atom. The first-order valence-corrected chi connectivity index (χ1v) is 5.38. The summed E-state index contributed by atoms with van der Waals surface area (Å²) in [6.07, 6.45) is -0.972. The summed E-state index contributed by atoms with van der Waals surface area (Å²) in [5.41, 5.74) is 2.82. The largest absolute Gasteiger partial charge is 0.469 e. The van der Waals surface area contributed by atoms with Gasteiger partial charge in [-0.1, -0.05) is 54.6 Å². The molecule has 86 valence electrons. The van der Waals surface area contributed by atoms with Crippen molar-refractivity contribution in [2.45, 2.75) is 6.40 Å². The van der Waals surface area contributed by atoms with Gasteiger partial charge >= 0.3 is 5.97 Å². The number of esters is 1. The van der Waals surface area contributed by atoms with Gasteiger partial charge in [0.05, 0.1) is 13.5 Å². The Balaban J connectivity index is 2.23. The second-order valence-electron chi connectivity index (χ2n) is 3.66. The van der Waals surface area contributed by atoms with Gasteiger partial charge < -0.3 is 4.74 Å². The van der Waals surface area contributed by atoms with E-state index in [1.165, 1.54) is 7.11 Å². The number of hydrogen-bond acceptors (Lipinski definition) is 2. The predicted octanol–water partition coefficient (Wildman–Crippen LogP) is 3.07. The molecule has 0 bridgehead atoms. The van der Waals surface area contributed by atoms with Crippen molar-refractivity contribution >= 4 is 5.97 Å². The van der Waals surface area contributed by atoms with Crippen LogP contribution >= 0.6 is 0 Å². The van der Waals surface area contributed by atoms with Crippen molar-refractivity contribution in [2.75, 3.05) is 7.11 Å². The lowest BCUT2D eigenvalue weighted by molar-refractivity contribution is -0.139. The highest BCUT2D eigenvalue weighted by atomic mass is 16.5. The molecule has 0 fully saturated rings. The second-order valence-corrected chi connectivity index (χ2v) is 3.66. The molecular weight excluding hydrogens is 212 g/mol. The van der Waals surface area contributed by atoms with Gasteiger partial charge in [-0.15, -0.1) is 0 Å². The maximum atomic E-state index is 11.3. The highest BCUT2D eigenvalue weighted by Gasteiger charge is 2.03. The lowest BCUT2D eigenvalue weighted by Gasteiger charge is -2.03. The average molecular weight is 227 g/mol. The van der Waals surface area contributed by atoms with Crippen LogP contribution in [0.25, 0.3) is 11.1 Å². The van der Waals surface area contributed by atoms with Crippen LogP contribution in [0.3, 0.4) is 0 Å². The monoisotopic (exact) mass is 227 g/mol. The summed E-state index contributed by atoms with van der Waals surface area (Å²) in [6, 6.07) is 17.4. The van der Waals surface area contributed by atoms with Gasteiger partial charge in [-0.2, -0.15) is 0 Å². The Hall–Kier alpha value is -2.09. The minimum absolute atomic E-state index is 0.539. The predicted molar refractivity (Wildman–Crippen MR) is 67.6 cm³/mol. The highest BCUT2D eigenvalue weighted by molar-refractivity contribution is 5.73. The first-order valence-electron chi connectivity index (χ1n) is 5.95. The van der Waals surface area contributed by atoms with E-state index in [1.54, 1.807) is 12.1 Å². The molecule has 2 rings (SSSR count). The van der Waals surface area contributed by atoms with E-state index in [0.717, 1.165) is 11.1 Å². The average Bonchev–Trinajstić information content (AvgIpc) is 2.47. The Kier molecular flexibility index (Phi) is 3.15. The van der Waals surface area contributed by atoms with E-state index < -0.39 is 12.4 Å². The van der Waals surface area contributed by atoms with Crippen molar-refractivity contribution in [2.24, 2.45) is 0 Å². The van der Waals surface area contributed by atoms with Gasteiger partial charge in [0.25, 0.3) is 0 Å². The first-order chi connectivity index (χ1) is 8.72. The third-order valence-electron chi connectivity index (χ3n) is 2.50. The molecule has 0 aliphatic carbocycles. The molecule has 0 saturated carbocycles. The topological polar surface area (TPSA) is 26.3 Å². The van der Waals surface area contributed by atoms with E-state index >= 15 is 0 Å². The van der Waals surface area contributed by atoms with Gasteiger partial charge in [-0.3, -0.25) is 4.79 Å². The summed E-state index contributed by atoms with van der Waals surface area (Å²) in [6.45, 7) is 0. The molecule has 0 amide bonds. The van der Waals surface area contributed by atoms with Crippen LogP contribution in [0.1, 0.15) is 6.93 Å². The molecule has 0 N–H and O–H groups in total. The zero-order chi connectivity index (χ0) is 13.0. The molecule has 2 aromatic carbocycles. The number of methoxy groups -OCH3 is 1. The summed E-state index contributed by atoms with van der Waals surface area (Å²) in [7, 11) is 1.29. The molecule has 0 aliphatic heterocycles. The smallest absolute Gasteiger partial charge is 0.309 e. The molecule has 0 saturated heterocycles. The fraction of sp³-hybridized carbons (Fsp3) is 0.133. The van der Waals surface area contributed by atoms with E-state index in [2.05, 4.69) is 4.74 Å². The normalized spacial score (nSPS) is 12.6. The second kappa shape index (κ2) is 5.30. The summed E-state index contributed by atoms with van der Waals surface area (Å²) < 4.78 is 12.3. The van der Waals surface area contributed by atoms with Crippen LogP contribution < -0.4 is 0 Å². The summed E-state index contributed by atoms with van der Waals surface area (Å²) in [5.74, 6) is -0.539. The van der Waals surface area contributed by atoms with Crippen LogP contribution in [-0.4, -0.2) is 13.1 Å². The van der Waals surface area contributed by atoms with Crippen LogP contribution in [0.2, 0.25) is 0 Å². The SMILES string of the molecule is [2H]C(C(=O)OC)c1ccc(-c2ccccc2)cc1. The van der Waals surface area contributed by atoms with Crippen molar-refractivity contribution in [3.8, 4) is 11.1 Å². The standard InChI is InChI=1S/C15H14O2/c1-17-15(16)11-12-7-9-14(10-8-12)13-5-3-2-4-6-13/h2-10H,11H2,1H3/i11D. The molecular formula is C15H14O2. The van der Waals surface area contributed by atoms with E-state index in [4.69, 9.17) is 1.37 Å². The van der Waals surface area contributed by atoms with Crippen LogP contribution in [0.15, 0.2) is 54.6 Å². The van der Waals surface area contributed by atoms with Crippen LogP contribution in [0.4, 0.5) is 0 Å². The van der Waals surface area contributed by atoms with E-state index in [9.17, 15) is 4.79 Å². The maximum absolute atomic E-state index is 11.3. The summed E-state index contributed by atoms with van der Waals surface area (Å²) >= 11 is 0. The molecule has 1 unspecified atom stereocenters. The lowest BCUT2D eigenvalue weighted by atomic mass is 10.0. The molecule has 17 heavy (non-hydrogen) atoms. The minimum atomic E-state index is -0.972. The molecule has 0 heterocycles. The zero-order valence-electron chi connectivity index (χ0n) is 10.6. The van der Waals surface area contributed by atoms with E-state index in [1.807, 2.05) is 42.5 Å². The third-order valence-corrected chi connectivity index (χ3v) is 2.50. The molecule has 0 spiro atoms. The van der Waals surface area contributed by atoms with Crippen molar-refractivity contribution in [1.82, 2.24) is 0 Å². The van der Waals surface area contributed by atoms with Crippen molar-refractivity contribution in [1.29, 1.82) is 0 Å². The third kappa shape index (κ3) is 2.94. The number of hydrogen-bond donors (Lipinski definition) is 0. The zero-order valence-corrected chi connectivity index (χ0v) is 9.59. The molecule has 2 nitrogen and oxygen atoms in total. The fourth-order valence-electron chi connectivity index (χ4n) is 1.60. The van der Waals surface area contributed by atoms with Gasteiger partial charge in [0.15, 0.2) is 0 Å². The molecule has 0 aliphatic rings. The Labute approximate surface area is 102 Å². The number of carbonyl (C=O) groups is 1. The van der Waals surface area contributed by atoms with E-state index in [-0.39, 0.29) is 0 Å². The summed E-state index contributed by atoms with van der Waals surface area (Å²) in [4.78, 5) is 11.3. The minimum Gasteiger partial charge on any atom is -0.469 e.